The van der Waals surface area contributed by atoms with Gasteiger partial charge in [0.2, 0.25) is 0 Å². The van der Waals surface area contributed by atoms with Crippen molar-refractivity contribution in [3.05, 3.63) is 84.9 Å². The lowest BCUT2D eigenvalue weighted by Crippen LogP contribution is -2.10. The van der Waals surface area contributed by atoms with Crippen LogP contribution in [0.15, 0.2) is 79.4 Å². The highest BCUT2D eigenvalue weighted by molar-refractivity contribution is 5.70. The molecule has 6 nitrogen and oxygen atoms in total. The standard InChI is InChI=1S/C26H26N6/c1-26(2,3)20-8-10-21(11-9-20)29-24-7-5-6-22(30-24)23-16-27-25-14-18(12-13-32(23)25)19-15-28-31(4)17-19/h5-17H,1-4H3,(H,29,30). The smallest absolute Gasteiger partial charge is 0.137 e. The zero-order chi connectivity index (χ0) is 22.3. The van der Waals surface area contributed by atoms with Crippen molar-refractivity contribution in [1.29, 1.82) is 0 Å². The van der Waals surface area contributed by atoms with E-state index >= 15 is 0 Å². The molecule has 1 N–H and O–H groups in total. The number of hydrogen-bond donors (Lipinski definition) is 1. The molecule has 0 amide bonds. The highest BCUT2D eigenvalue weighted by atomic mass is 15.2. The van der Waals surface area contributed by atoms with Gasteiger partial charge in [0.05, 0.1) is 23.8 Å². The van der Waals surface area contributed by atoms with Crippen LogP contribution in [-0.2, 0) is 12.5 Å². The Hall–Kier alpha value is -3.93. The Morgan fingerprint density at radius 1 is 0.906 bits per heavy atom. The van der Waals surface area contributed by atoms with E-state index < -0.39 is 0 Å². The summed E-state index contributed by atoms with van der Waals surface area (Å²) in [6.45, 7) is 6.65. The molecule has 0 atom stereocenters. The molecule has 0 aliphatic heterocycles. The van der Waals surface area contributed by atoms with Crippen LogP contribution in [0.25, 0.3) is 28.2 Å². The average Bonchev–Trinajstić information content (AvgIpc) is 3.39. The summed E-state index contributed by atoms with van der Waals surface area (Å²) < 4.78 is 3.86. The van der Waals surface area contributed by atoms with Gasteiger partial charge in [-0.1, -0.05) is 39.0 Å². The predicted octanol–water partition coefficient (Wildman–Crippen LogP) is 5.84. The molecule has 0 aliphatic rings. The molecule has 6 heteroatoms. The molecule has 32 heavy (non-hydrogen) atoms. The second-order valence-corrected chi connectivity index (χ2v) is 9.05. The molecule has 0 saturated heterocycles. The third-order valence-electron chi connectivity index (χ3n) is 5.59. The SMILES string of the molecule is Cn1cc(-c2ccn3c(-c4cccc(Nc5ccc(C(C)(C)C)cc5)n4)cnc3c2)cn1. The molecule has 1 aromatic carbocycles. The first-order valence-electron chi connectivity index (χ1n) is 10.7. The van der Waals surface area contributed by atoms with Crippen LogP contribution in [0.2, 0.25) is 0 Å². The molecule has 5 rings (SSSR count). The third kappa shape index (κ3) is 3.87. The molecule has 0 fully saturated rings. The van der Waals surface area contributed by atoms with Gasteiger partial charge in [-0.25, -0.2) is 9.97 Å². The Bertz CT molecular complexity index is 1390. The molecule has 0 radical (unpaired) electrons. The first-order chi connectivity index (χ1) is 15.4. The fourth-order valence-corrected chi connectivity index (χ4v) is 3.77. The van der Waals surface area contributed by atoms with Gasteiger partial charge in [-0.15, -0.1) is 0 Å². The zero-order valence-electron chi connectivity index (χ0n) is 18.7. The average molecular weight is 423 g/mol. The Balaban J connectivity index is 1.42. The number of fused-ring (bicyclic) bond motifs is 1. The summed E-state index contributed by atoms with van der Waals surface area (Å²) in [6.07, 6.45) is 7.76. The van der Waals surface area contributed by atoms with E-state index in [-0.39, 0.29) is 5.41 Å². The summed E-state index contributed by atoms with van der Waals surface area (Å²) in [4.78, 5) is 9.44. The summed E-state index contributed by atoms with van der Waals surface area (Å²) in [5, 5.41) is 7.67. The minimum atomic E-state index is 0.136. The molecule has 0 unspecified atom stereocenters. The molecule has 5 aromatic rings. The molecule has 160 valence electrons. The fraction of sp³-hybridized carbons (Fsp3) is 0.192. The highest BCUT2D eigenvalue weighted by Gasteiger charge is 2.13. The second kappa shape index (κ2) is 7.64. The van der Waals surface area contributed by atoms with Gasteiger partial charge in [0, 0.05) is 30.7 Å². The van der Waals surface area contributed by atoms with E-state index in [9.17, 15) is 0 Å². The van der Waals surface area contributed by atoms with Gasteiger partial charge in [-0.2, -0.15) is 5.10 Å². The normalized spacial score (nSPS) is 11.8. The van der Waals surface area contributed by atoms with Gasteiger partial charge in [0.15, 0.2) is 0 Å². The van der Waals surface area contributed by atoms with Crippen LogP contribution < -0.4 is 5.32 Å². The van der Waals surface area contributed by atoms with Gasteiger partial charge < -0.3 is 5.32 Å². The first kappa shape index (κ1) is 20.0. The van der Waals surface area contributed by atoms with Crippen LogP contribution in [0, 0.1) is 0 Å². The van der Waals surface area contributed by atoms with Gasteiger partial charge in [-0.05, 0) is 52.9 Å². The summed E-state index contributed by atoms with van der Waals surface area (Å²) in [5.74, 6) is 0.799. The van der Waals surface area contributed by atoms with Crippen molar-refractivity contribution in [3.63, 3.8) is 0 Å². The van der Waals surface area contributed by atoms with Crippen LogP contribution >= 0.6 is 0 Å². The summed E-state index contributed by atoms with van der Waals surface area (Å²) in [5.41, 5.74) is 7.30. The Kier molecular flexibility index (Phi) is 4.78. The summed E-state index contributed by atoms with van der Waals surface area (Å²) >= 11 is 0. The van der Waals surface area contributed by atoms with Crippen molar-refractivity contribution in [2.75, 3.05) is 5.32 Å². The zero-order valence-corrected chi connectivity index (χ0v) is 18.7. The van der Waals surface area contributed by atoms with Crippen LogP contribution in [0.5, 0.6) is 0 Å². The van der Waals surface area contributed by atoms with Crippen molar-refractivity contribution in [2.45, 2.75) is 26.2 Å². The van der Waals surface area contributed by atoms with E-state index in [2.05, 4.69) is 77.0 Å². The van der Waals surface area contributed by atoms with E-state index in [1.54, 1.807) is 4.68 Å². The summed E-state index contributed by atoms with van der Waals surface area (Å²) in [6, 6.07) is 18.7. The van der Waals surface area contributed by atoms with Gasteiger partial charge in [0.1, 0.15) is 11.5 Å². The maximum atomic E-state index is 4.83. The van der Waals surface area contributed by atoms with E-state index in [1.807, 2.05) is 50.0 Å². The van der Waals surface area contributed by atoms with Gasteiger partial charge in [-0.3, -0.25) is 9.08 Å². The summed E-state index contributed by atoms with van der Waals surface area (Å²) in [7, 11) is 1.92. The van der Waals surface area contributed by atoms with E-state index in [0.29, 0.717) is 0 Å². The minimum absolute atomic E-state index is 0.136. The monoisotopic (exact) mass is 422 g/mol. The largest absolute Gasteiger partial charge is 0.340 e. The number of imidazole rings is 1. The molecule has 0 saturated carbocycles. The molecular weight excluding hydrogens is 396 g/mol. The fourth-order valence-electron chi connectivity index (χ4n) is 3.77. The highest BCUT2D eigenvalue weighted by Crippen LogP contribution is 2.27. The molecule has 0 spiro atoms. The number of nitrogens with one attached hydrogen (secondary N) is 1. The van der Waals surface area contributed by atoms with E-state index in [4.69, 9.17) is 4.98 Å². The quantitative estimate of drug-likeness (QED) is 0.395. The predicted molar refractivity (Wildman–Crippen MR) is 129 cm³/mol. The molecule has 4 aromatic heterocycles. The van der Waals surface area contributed by atoms with Crippen molar-refractivity contribution in [2.24, 2.45) is 7.05 Å². The van der Waals surface area contributed by atoms with Crippen LogP contribution in [0.4, 0.5) is 11.5 Å². The maximum Gasteiger partial charge on any atom is 0.137 e. The lowest BCUT2D eigenvalue weighted by Gasteiger charge is -2.19. The van der Waals surface area contributed by atoms with Crippen molar-refractivity contribution in [1.82, 2.24) is 24.1 Å². The first-order valence-corrected chi connectivity index (χ1v) is 10.7. The number of benzene rings is 1. The van der Waals surface area contributed by atoms with Crippen molar-refractivity contribution < 1.29 is 0 Å². The third-order valence-corrected chi connectivity index (χ3v) is 5.59. The maximum absolute atomic E-state index is 4.83. The van der Waals surface area contributed by atoms with E-state index in [1.165, 1.54) is 5.56 Å². The van der Waals surface area contributed by atoms with Crippen LogP contribution in [0.3, 0.4) is 0 Å². The number of aromatic nitrogens is 5. The molecule has 0 bridgehead atoms. The van der Waals surface area contributed by atoms with Gasteiger partial charge in [0.25, 0.3) is 0 Å². The lowest BCUT2D eigenvalue weighted by molar-refractivity contribution is 0.590. The second-order valence-electron chi connectivity index (χ2n) is 9.05. The minimum Gasteiger partial charge on any atom is -0.340 e. The number of hydrogen-bond acceptors (Lipinski definition) is 4. The topological polar surface area (TPSA) is 60.0 Å². The molecular formula is C26H26N6. The number of anilines is 2. The van der Waals surface area contributed by atoms with Crippen LogP contribution in [0.1, 0.15) is 26.3 Å². The lowest BCUT2D eigenvalue weighted by atomic mass is 9.87. The number of pyridine rings is 2. The molecule has 0 aliphatic carbocycles. The van der Waals surface area contributed by atoms with Crippen molar-refractivity contribution >= 4 is 17.2 Å². The molecule has 4 heterocycles. The van der Waals surface area contributed by atoms with Crippen LogP contribution in [-0.4, -0.2) is 24.1 Å². The van der Waals surface area contributed by atoms with E-state index in [0.717, 1.165) is 39.7 Å². The number of nitrogens with zero attached hydrogens (tertiary/aromatic N) is 5. The van der Waals surface area contributed by atoms with Gasteiger partial charge >= 0.3 is 0 Å². The van der Waals surface area contributed by atoms with Crippen molar-refractivity contribution in [3.8, 4) is 22.5 Å². The Labute approximate surface area is 187 Å². The number of aryl methyl sites for hydroxylation is 1. The number of rotatable bonds is 4. The Morgan fingerprint density at radius 3 is 2.44 bits per heavy atom. The Morgan fingerprint density at radius 2 is 1.72 bits per heavy atom.